The fourth-order valence-corrected chi connectivity index (χ4v) is 5.20. The molecule has 2 heterocycles. The number of oxazole rings is 1. The summed E-state index contributed by atoms with van der Waals surface area (Å²) in [7, 11) is -0.551. The lowest BCUT2D eigenvalue weighted by Crippen LogP contribution is -2.31. The van der Waals surface area contributed by atoms with Crippen molar-refractivity contribution >= 4 is 15.9 Å². The van der Waals surface area contributed by atoms with E-state index in [1.54, 1.807) is 12.1 Å². The number of anilines is 1. The lowest BCUT2D eigenvalue weighted by molar-refractivity contribution is 0.255. The molecule has 1 saturated heterocycles. The number of hydrogen-bond donors (Lipinski definition) is 1. The number of nitrogens with zero attached hydrogens (tertiary/aromatic N) is 4. The summed E-state index contributed by atoms with van der Waals surface area (Å²) in [6.45, 7) is 4.80. The second-order valence-electron chi connectivity index (χ2n) is 8.86. The lowest BCUT2D eigenvalue weighted by atomic mass is 10.0. The molecule has 0 saturated carbocycles. The van der Waals surface area contributed by atoms with Crippen molar-refractivity contribution in [2.45, 2.75) is 37.1 Å². The average Bonchev–Trinajstić information content (AvgIpc) is 3.55. The molecule has 3 aromatic rings. The zero-order valence-electron chi connectivity index (χ0n) is 20.4. The minimum atomic E-state index is -3.53. The van der Waals surface area contributed by atoms with E-state index in [0.29, 0.717) is 18.0 Å². The van der Waals surface area contributed by atoms with E-state index in [0.717, 1.165) is 23.8 Å². The number of benzene rings is 2. The van der Waals surface area contributed by atoms with Crippen LogP contribution in [0.3, 0.4) is 0 Å². The maximum atomic E-state index is 12.3. The second-order valence-corrected chi connectivity index (χ2v) is 11.0. The SMILES string of the molecule is CCc1ccc(C(CNc2oc(-c3ccc(S(=O)(=O)N(C)C)cc3)nc2C#N)N2CCCC2)cc1. The normalized spacial score (nSPS) is 15.3. The Kier molecular flexibility index (Phi) is 7.55. The van der Waals surface area contributed by atoms with Gasteiger partial charge in [-0.2, -0.15) is 10.2 Å². The van der Waals surface area contributed by atoms with Gasteiger partial charge in [-0.05, 0) is 67.7 Å². The van der Waals surface area contributed by atoms with Crippen LogP contribution in [-0.2, 0) is 16.4 Å². The molecule has 1 unspecified atom stereocenters. The van der Waals surface area contributed by atoms with Gasteiger partial charge in [0.2, 0.25) is 27.5 Å². The van der Waals surface area contributed by atoms with Crippen molar-refractivity contribution in [3.05, 3.63) is 65.4 Å². The highest BCUT2D eigenvalue weighted by Crippen LogP contribution is 2.30. The summed E-state index contributed by atoms with van der Waals surface area (Å²) in [5, 5.41) is 12.9. The molecule has 0 radical (unpaired) electrons. The Morgan fingerprint density at radius 3 is 2.34 bits per heavy atom. The number of nitriles is 1. The van der Waals surface area contributed by atoms with Gasteiger partial charge in [-0.3, -0.25) is 4.90 Å². The molecule has 9 heteroatoms. The molecule has 35 heavy (non-hydrogen) atoms. The molecule has 0 bridgehead atoms. The van der Waals surface area contributed by atoms with Gasteiger partial charge in [0.15, 0.2) is 0 Å². The number of likely N-dealkylation sites (tertiary alicyclic amines) is 1. The van der Waals surface area contributed by atoms with Gasteiger partial charge in [0.1, 0.15) is 6.07 Å². The third-order valence-electron chi connectivity index (χ3n) is 6.42. The number of sulfonamides is 1. The predicted octanol–water partition coefficient (Wildman–Crippen LogP) is 4.27. The molecule has 0 spiro atoms. The topological polar surface area (TPSA) is 102 Å². The van der Waals surface area contributed by atoms with E-state index in [1.807, 2.05) is 0 Å². The Balaban J connectivity index is 1.55. The van der Waals surface area contributed by atoms with Gasteiger partial charge >= 0.3 is 0 Å². The molecule has 184 valence electrons. The van der Waals surface area contributed by atoms with Gasteiger partial charge in [-0.15, -0.1) is 0 Å². The van der Waals surface area contributed by atoms with E-state index in [1.165, 1.54) is 50.2 Å². The average molecular weight is 494 g/mol. The van der Waals surface area contributed by atoms with Gasteiger partial charge in [0.05, 0.1) is 10.9 Å². The summed E-state index contributed by atoms with van der Waals surface area (Å²) < 4.78 is 31.7. The molecule has 1 fully saturated rings. The van der Waals surface area contributed by atoms with Crippen molar-refractivity contribution in [1.82, 2.24) is 14.2 Å². The van der Waals surface area contributed by atoms with Crippen molar-refractivity contribution in [1.29, 1.82) is 5.26 Å². The van der Waals surface area contributed by atoms with Crippen LogP contribution < -0.4 is 5.32 Å². The van der Waals surface area contributed by atoms with Gasteiger partial charge < -0.3 is 9.73 Å². The molecule has 1 aliphatic heterocycles. The zero-order valence-corrected chi connectivity index (χ0v) is 21.2. The number of aromatic nitrogens is 1. The first kappa shape index (κ1) is 24.9. The second kappa shape index (κ2) is 10.6. The minimum absolute atomic E-state index is 0.152. The third-order valence-corrected chi connectivity index (χ3v) is 8.25. The van der Waals surface area contributed by atoms with Crippen LogP contribution in [-0.4, -0.2) is 56.3 Å². The van der Waals surface area contributed by atoms with Crippen molar-refractivity contribution < 1.29 is 12.8 Å². The first-order valence-electron chi connectivity index (χ1n) is 11.8. The predicted molar refractivity (Wildman–Crippen MR) is 135 cm³/mol. The van der Waals surface area contributed by atoms with Crippen LogP contribution in [0.4, 0.5) is 5.88 Å². The number of nitrogens with one attached hydrogen (secondary N) is 1. The highest BCUT2D eigenvalue weighted by atomic mass is 32.2. The van der Waals surface area contributed by atoms with Crippen LogP contribution in [0.5, 0.6) is 0 Å². The molecule has 4 rings (SSSR count). The first-order valence-corrected chi connectivity index (χ1v) is 13.3. The monoisotopic (exact) mass is 493 g/mol. The van der Waals surface area contributed by atoms with E-state index in [2.05, 4.69) is 52.5 Å². The summed E-state index contributed by atoms with van der Waals surface area (Å²) in [6.07, 6.45) is 3.36. The van der Waals surface area contributed by atoms with Crippen LogP contribution in [0.25, 0.3) is 11.5 Å². The number of hydrogen-bond acceptors (Lipinski definition) is 7. The fraction of sp³-hybridized carbons (Fsp3) is 0.385. The van der Waals surface area contributed by atoms with E-state index >= 15 is 0 Å². The Hall–Kier alpha value is -3.19. The highest BCUT2D eigenvalue weighted by molar-refractivity contribution is 7.89. The summed E-state index contributed by atoms with van der Waals surface area (Å²) in [4.78, 5) is 6.97. The largest absolute Gasteiger partial charge is 0.419 e. The Morgan fingerprint density at radius 2 is 1.77 bits per heavy atom. The van der Waals surface area contributed by atoms with Gasteiger partial charge in [0.25, 0.3) is 0 Å². The molecular formula is C26H31N5O3S. The highest BCUT2D eigenvalue weighted by Gasteiger charge is 2.25. The van der Waals surface area contributed by atoms with E-state index in [-0.39, 0.29) is 22.5 Å². The zero-order chi connectivity index (χ0) is 25.0. The van der Waals surface area contributed by atoms with Crippen LogP contribution in [0.1, 0.15) is 42.6 Å². The van der Waals surface area contributed by atoms with Crippen LogP contribution >= 0.6 is 0 Å². The Bertz CT molecular complexity index is 1290. The molecule has 8 nitrogen and oxygen atoms in total. The molecule has 1 aliphatic rings. The molecule has 1 aromatic heterocycles. The first-order chi connectivity index (χ1) is 16.8. The van der Waals surface area contributed by atoms with E-state index in [4.69, 9.17) is 4.42 Å². The number of rotatable bonds is 9. The molecule has 0 aliphatic carbocycles. The van der Waals surface area contributed by atoms with E-state index in [9.17, 15) is 13.7 Å². The summed E-state index contributed by atoms with van der Waals surface area (Å²) in [5.74, 6) is 0.588. The van der Waals surface area contributed by atoms with Crippen molar-refractivity contribution in [3.8, 4) is 17.5 Å². The van der Waals surface area contributed by atoms with Crippen molar-refractivity contribution in [3.63, 3.8) is 0 Å². The minimum Gasteiger partial charge on any atom is -0.419 e. The van der Waals surface area contributed by atoms with Crippen molar-refractivity contribution in [2.75, 3.05) is 39.0 Å². The summed E-state index contributed by atoms with van der Waals surface area (Å²) >= 11 is 0. The number of aryl methyl sites for hydroxylation is 1. The fourth-order valence-electron chi connectivity index (χ4n) is 4.30. The molecule has 2 aromatic carbocycles. The lowest BCUT2D eigenvalue weighted by Gasteiger charge is -2.28. The van der Waals surface area contributed by atoms with Crippen molar-refractivity contribution in [2.24, 2.45) is 0 Å². The maximum Gasteiger partial charge on any atom is 0.242 e. The van der Waals surface area contributed by atoms with Crippen LogP contribution in [0.2, 0.25) is 0 Å². The Morgan fingerprint density at radius 1 is 1.11 bits per heavy atom. The molecular weight excluding hydrogens is 462 g/mol. The van der Waals surface area contributed by atoms with Crippen LogP contribution in [0, 0.1) is 11.3 Å². The van der Waals surface area contributed by atoms with Gasteiger partial charge in [0, 0.05) is 26.2 Å². The van der Waals surface area contributed by atoms with Gasteiger partial charge in [-0.25, -0.2) is 12.7 Å². The molecule has 1 atom stereocenters. The maximum absolute atomic E-state index is 12.3. The summed E-state index contributed by atoms with van der Waals surface area (Å²) in [5.41, 5.74) is 3.30. The third kappa shape index (κ3) is 5.40. The molecule has 0 amide bonds. The Labute approximate surface area is 207 Å². The van der Waals surface area contributed by atoms with Crippen LogP contribution in [0.15, 0.2) is 57.8 Å². The van der Waals surface area contributed by atoms with Gasteiger partial charge in [-0.1, -0.05) is 31.2 Å². The smallest absolute Gasteiger partial charge is 0.242 e. The van der Waals surface area contributed by atoms with E-state index < -0.39 is 10.0 Å². The molecule has 1 N–H and O–H groups in total. The summed E-state index contributed by atoms with van der Waals surface area (Å²) in [6, 6.07) is 17.3. The standard InChI is InChI=1S/C26H31N5O3S/c1-4-19-7-9-20(10-8-19)24(31-15-5-6-16-31)18-28-26-23(17-27)29-25(34-26)21-11-13-22(14-12-21)35(32,33)30(2)3/h7-14,24,28H,4-6,15-16,18H2,1-3H3. The quantitative estimate of drug-likeness (QED) is 0.475.